The highest BCUT2D eigenvalue weighted by molar-refractivity contribution is 6.31. The van der Waals surface area contributed by atoms with Gasteiger partial charge in [0.05, 0.1) is 22.7 Å². The predicted octanol–water partition coefficient (Wildman–Crippen LogP) is 4.49. The number of ether oxygens (including phenoxy) is 1. The van der Waals surface area contributed by atoms with Crippen molar-refractivity contribution in [1.29, 1.82) is 0 Å². The molecule has 144 valence electrons. The second-order valence-corrected chi connectivity index (χ2v) is 6.08. The molecule has 0 saturated carbocycles. The van der Waals surface area contributed by atoms with E-state index in [0.717, 1.165) is 18.2 Å². The van der Waals surface area contributed by atoms with E-state index in [-0.39, 0.29) is 30.4 Å². The number of anilines is 1. The van der Waals surface area contributed by atoms with Gasteiger partial charge in [0, 0.05) is 5.69 Å². The highest BCUT2D eigenvalue weighted by atomic mass is 35.5. The molecule has 0 atom stereocenters. The minimum absolute atomic E-state index is 0.0265. The molecule has 0 unspecified atom stereocenters. The number of halogens is 4. The molecule has 0 amide bonds. The average Bonchev–Trinajstić information content (AvgIpc) is 2.57. The van der Waals surface area contributed by atoms with Crippen LogP contribution in [0.2, 0.25) is 5.02 Å². The van der Waals surface area contributed by atoms with Gasteiger partial charge in [0.1, 0.15) is 11.5 Å². The largest absolute Gasteiger partial charge is 0.478 e. The number of benzene rings is 2. The summed E-state index contributed by atoms with van der Waals surface area (Å²) in [4.78, 5) is 24.1. The van der Waals surface area contributed by atoms with Crippen LogP contribution >= 0.6 is 11.6 Å². The van der Waals surface area contributed by atoms with E-state index < -0.39 is 22.7 Å². The Morgan fingerprint density at radius 2 is 1.89 bits per heavy atom. The van der Waals surface area contributed by atoms with E-state index in [1.165, 1.54) is 30.0 Å². The number of carboxylic acids is 1. The Morgan fingerprint density at radius 3 is 2.44 bits per heavy atom. The number of aromatic carboxylic acids is 1. The first-order valence-electron chi connectivity index (χ1n) is 7.65. The van der Waals surface area contributed by atoms with Crippen molar-refractivity contribution >= 4 is 29.0 Å². The molecule has 0 aromatic heterocycles. The molecule has 5 nitrogen and oxygen atoms in total. The second kappa shape index (κ2) is 8.30. The molecular weight excluding hydrogens is 387 g/mol. The fourth-order valence-electron chi connectivity index (χ4n) is 2.28. The van der Waals surface area contributed by atoms with Gasteiger partial charge in [0.15, 0.2) is 6.73 Å². The summed E-state index contributed by atoms with van der Waals surface area (Å²) in [5, 5.41) is 8.57. The summed E-state index contributed by atoms with van der Waals surface area (Å²) >= 11 is 5.65. The lowest BCUT2D eigenvalue weighted by atomic mass is 10.2. The standard InChI is InChI=1S/C18H15ClF3NO4/c1-11(24)9-23(13-4-2-3-12(7-13)17(25)26)10-27-14-5-6-15(16(19)8-14)18(20,21)22/h2-8H,9-10H2,1H3,(H,25,26). The highest BCUT2D eigenvalue weighted by Crippen LogP contribution is 2.36. The van der Waals surface area contributed by atoms with Gasteiger partial charge in [-0.1, -0.05) is 17.7 Å². The first-order chi connectivity index (χ1) is 12.6. The molecule has 0 aliphatic rings. The maximum absolute atomic E-state index is 12.7. The van der Waals surface area contributed by atoms with Crippen LogP contribution in [-0.4, -0.2) is 30.1 Å². The highest BCUT2D eigenvalue weighted by Gasteiger charge is 2.33. The van der Waals surface area contributed by atoms with Crippen LogP contribution < -0.4 is 9.64 Å². The molecule has 0 heterocycles. The van der Waals surface area contributed by atoms with Crippen molar-refractivity contribution in [1.82, 2.24) is 0 Å². The molecule has 27 heavy (non-hydrogen) atoms. The number of hydrogen-bond acceptors (Lipinski definition) is 4. The van der Waals surface area contributed by atoms with E-state index in [4.69, 9.17) is 21.4 Å². The predicted molar refractivity (Wildman–Crippen MR) is 93.4 cm³/mol. The van der Waals surface area contributed by atoms with Gasteiger partial charge in [-0.3, -0.25) is 4.79 Å². The van der Waals surface area contributed by atoms with Crippen molar-refractivity contribution in [2.75, 3.05) is 18.2 Å². The van der Waals surface area contributed by atoms with Crippen LogP contribution in [0.15, 0.2) is 42.5 Å². The van der Waals surface area contributed by atoms with Crippen LogP contribution in [0.3, 0.4) is 0 Å². The zero-order chi connectivity index (χ0) is 20.2. The molecule has 2 aromatic rings. The van der Waals surface area contributed by atoms with E-state index in [1.807, 2.05) is 0 Å². The van der Waals surface area contributed by atoms with Crippen molar-refractivity contribution in [3.8, 4) is 5.75 Å². The van der Waals surface area contributed by atoms with Gasteiger partial charge in [-0.2, -0.15) is 13.2 Å². The van der Waals surface area contributed by atoms with Crippen LogP contribution in [0.4, 0.5) is 18.9 Å². The third kappa shape index (κ3) is 5.62. The number of carbonyl (C=O) groups is 2. The van der Waals surface area contributed by atoms with E-state index in [9.17, 15) is 22.8 Å². The maximum atomic E-state index is 12.7. The minimum atomic E-state index is -4.58. The molecule has 2 aromatic carbocycles. The second-order valence-electron chi connectivity index (χ2n) is 5.67. The number of carbonyl (C=O) groups excluding carboxylic acids is 1. The fraction of sp³-hybridized carbons (Fsp3) is 0.222. The number of Topliss-reactive ketones (excluding diaryl/α,β-unsaturated/α-hetero) is 1. The summed E-state index contributed by atoms with van der Waals surface area (Å²) in [7, 11) is 0. The van der Waals surface area contributed by atoms with E-state index in [0.29, 0.717) is 5.69 Å². The molecule has 9 heteroatoms. The van der Waals surface area contributed by atoms with Crippen molar-refractivity contribution in [3.05, 3.63) is 58.6 Å². The van der Waals surface area contributed by atoms with Gasteiger partial charge in [-0.05, 0) is 43.3 Å². The first kappa shape index (κ1) is 20.6. The summed E-state index contributed by atoms with van der Waals surface area (Å²) in [5.41, 5.74) is -0.534. The number of carboxylic acid groups (broad SMARTS) is 1. The van der Waals surface area contributed by atoms with Crippen molar-refractivity contribution in [2.24, 2.45) is 0 Å². The Bertz CT molecular complexity index is 855. The van der Waals surface area contributed by atoms with Crippen LogP contribution in [0, 0.1) is 0 Å². The topological polar surface area (TPSA) is 66.8 Å². The van der Waals surface area contributed by atoms with Gasteiger partial charge in [0.2, 0.25) is 0 Å². The Kier molecular flexibility index (Phi) is 6.32. The molecule has 0 saturated heterocycles. The maximum Gasteiger partial charge on any atom is 0.417 e. The average molecular weight is 402 g/mol. The Morgan fingerprint density at radius 1 is 1.19 bits per heavy atom. The lowest BCUT2D eigenvalue weighted by Gasteiger charge is -2.24. The minimum Gasteiger partial charge on any atom is -0.478 e. The number of rotatable bonds is 7. The first-order valence-corrected chi connectivity index (χ1v) is 8.03. The van der Waals surface area contributed by atoms with Crippen molar-refractivity contribution in [3.63, 3.8) is 0 Å². The van der Waals surface area contributed by atoms with Crippen LogP contribution in [0.1, 0.15) is 22.8 Å². The Balaban J connectivity index is 2.20. The van der Waals surface area contributed by atoms with E-state index in [2.05, 4.69) is 0 Å². The van der Waals surface area contributed by atoms with Crippen LogP contribution in [0.25, 0.3) is 0 Å². The molecular formula is C18H15ClF3NO4. The zero-order valence-electron chi connectivity index (χ0n) is 14.1. The third-order valence-corrected chi connectivity index (χ3v) is 3.82. The summed E-state index contributed by atoms with van der Waals surface area (Å²) in [5.74, 6) is -1.25. The Hall–Kier alpha value is -2.74. The van der Waals surface area contributed by atoms with Crippen LogP contribution in [0.5, 0.6) is 5.75 Å². The SMILES string of the molecule is CC(=O)CN(COc1ccc(C(F)(F)F)c(Cl)c1)c1cccc(C(=O)O)c1. The number of ketones is 1. The summed E-state index contributed by atoms with van der Waals surface area (Å²) in [6.07, 6.45) is -4.58. The quantitative estimate of drug-likeness (QED) is 0.692. The molecule has 0 fully saturated rings. The molecule has 2 rings (SSSR count). The van der Waals surface area contributed by atoms with Gasteiger partial charge >= 0.3 is 12.1 Å². The molecule has 0 aliphatic heterocycles. The van der Waals surface area contributed by atoms with Gasteiger partial charge in [-0.25, -0.2) is 4.79 Å². The van der Waals surface area contributed by atoms with Crippen LogP contribution in [-0.2, 0) is 11.0 Å². The fourth-order valence-corrected chi connectivity index (χ4v) is 2.56. The summed E-state index contributed by atoms with van der Waals surface area (Å²) < 4.78 is 43.7. The van der Waals surface area contributed by atoms with Gasteiger partial charge in [-0.15, -0.1) is 0 Å². The molecule has 0 spiro atoms. The lowest BCUT2D eigenvalue weighted by molar-refractivity contribution is -0.137. The third-order valence-electron chi connectivity index (χ3n) is 3.50. The Labute approximate surface area is 157 Å². The molecule has 0 radical (unpaired) electrons. The van der Waals surface area contributed by atoms with Crippen molar-refractivity contribution in [2.45, 2.75) is 13.1 Å². The summed E-state index contributed by atoms with van der Waals surface area (Å²) in [6.45, 7) is 1.09. The van der Waals surface area contributed by atoms with Gasteiger partial charge < -0.3 is 14.7 Å². The number of hydrogen-bond donors (Lipinski definition) is 1. The number of alkyl halides is 3. The van der Waals surface area contributed by atoms with Gasteiger partial charge in [0.25, 0.3) is 0 Å². The van der Waals surface area contributed by atoms with E-state index >= 15 is 0 Å². The monoisotopic (exact) mass is 401 g/mol. The van der Waals surface area contributed by atoms with Crippen molar-refractivity contribution < 1.29 is 32.6 Å². The van der Waals surface area contributed by atoms with E-state index in [1.54, 1.807) is 6.07 Å². The normalized spacial score (nSPS) is 11.1. The smallest absolute Gasteiger partial charge is 0.417 e. The molecule has 1 N–H and O–H groups in total. The summed E-state index contributed by atoms with van der Waals surface area (Å²) in [6, 6.07) is 8.83. The molecule has 0 aliphatic carbocycles. The zero-order valence-corrected chi connectivity index (χ0v) is 14.8. The number of nitrogens with zero attached hydrogens (tertiary/aromatic N) is 1. The molecule has 0 bridgehead atoms. The lowest BCUT2D eigenvalue weighted by Crippen LogP contribution is -2.32.